The number of esters is 1. The summed E-state index contributed by atoms with van der Waals surface area (Å²) in [6, 6.07) is 0. The Kier molecular flexibility index (Phi) is 3.94. The van der Waals surface area contributed by atoms with Crippen LogP contribution in [-0.2, 0) is 9.53 Å². The maximum Gasteiger partial charge on any atom is 0.306 e. The van der Waals surface area contributed by atoms with E-state index >= 15 is 0 Å². The molecule has 1 aliphatic heterocycles. The van der Waals surface area contributed by atoms with Gasteiger partial charge >= 0.3 is 5.97 Å². The van der Waals surface area contributed by atoms with E-state index in [1.165, 1.54) is 32.1 Å². The first kappa shape index (κ1) is 18.2. The van der Waals surface area contributed by atoms with Gasteiger partial charge in [0.15, 0.2) is 0 Å². The molecule has 0 unspecified atom stereocenters. The van der Waals surface area contributed by atoms with Crippen LogP contribution in [0.5, 0.6) is 0 Å². The van der Waals surface area contributed by atoms with Crippen molar-refractivity contribution in [2.45, 2.75) is 96.7 Å². The number of cyclic esters (lactones) is 1. The summed E-state index contributed by atoms with van der Waals surface area (Å²) < 4.78 is 5.92. The van der Waals surface area contributed by atoms with Gasteiger partial charge in [0.2, 0.25) is 0 Å². The van der Waals surface area contributed by atoms with E-state index < -0.39 is 0 Å². The van der Waals surface area contributed by atoms with Crippen molar-refractivity contribution in [3.63, 3.8) is 0 Å². The Morgan fingerprint density at radius 2 is 1.85 bits per heavy atom. The second-order valence-electron chi connectivity index (χ2n) is 11.1. The predicted octanol–water partition coefficient (Wildman–Crippen LogP) is 5.02. The van der Waals surface area contributed by atoms with Gasteiger partial charge in [0, 0.05) is 12.3 Å². The van der Waals surface area contributed by atoms with E-state index in [0.29, 0.717) is 23.2 Å². The molecule has 0 aromatic heterocycles. The first-order chi connectivity index (χ1) is 12.8. The van der Waals surface area contributed by atoms with Crippen LogP contribution in [0.15, 0.2) is 11.6 Å². The molecule has 0 aromatic rings. The van der Waals surface area contributed by atoms with E-state index in [1.807, 2.05) is 0 Å². The van der Waals surface area contributed by atoms with Crippen molar-refractivity contribution in [1.29, 1.82) is 0 Å². The normalized spacial score (nSPS) is 54.6. The Balaban J connectivity index is 1.44. The molecule has 1 saturated heterocycles. The number of aliphatic hydroxyl groups is 1. The molecule has 1 N–H and O–H groups in total. The van der Waals surface area contributed by atoms with Crippen molar-refractivity contribution in [3.05, 3.63) is 11.6 Å². The van der Waals surface area contributed by atoms with Crippen LogP contribution >= 0.6 is 0 Å². The fourth-order valence-electron chi connectivity index (χ4n) is 8.60. The van der Waals surface area contributed by atoms with E-state index in [4.69, 9.17) is 4.74 Å². The van der Waals surface area contributed by atoms with Gasteiger partial charge in [-0.2, -0.15) is 0 Å². The molecule has 0 amide bonds. The van der Waals surface area contributed by atoms with E-state index in [-0.39, 0.29) is 17.7 Å². The van der Waals surface area contributed by atoms with E-state index in [2.05, 4.69) is 26.8 Å². The fourth-order valence-corrected chi connectivity index (χ4v) is 8.60. The monoisotopic (exact) mass is 372 g/mol. The van der Waals surface area contributed by atoms with Gasteiger partial charge in [-0.1, -0.05) is 25.5 Å². The van der Waals surface area contributed by atoms with E-state index in [1.54, 1.807) is 5.57 Å². The van der Waals surface area contributed by atoms with Crippen molar-refractivity contribution < 1.29 is 14.6 Å². The second-order valence-corrected chi connectivity index (χ2v) is 11.1. The molecular formula is C24H36O3. The lowest BCUT2D eigenvalue weighted by molar-refractivity contribution is -0.158. The summed E-state index contributed by atoms with van der Waals surface area (Å²) in [5, 5.41) is 10.2. The summed E-state index contributed by atoms with van der Waals surface area (Å²) in [6.07, 6.45) is 13.2. The molecule has 8 atom stereocenters. The average molecular weight is 373 g/mol. The van der Waals surface area contributed by atoms with Crippen LogP contribution in [-0.4, -0.2) is 22.8 Å². The maximum atomic E-state index is 11.9. The average Bonchev–Trinajstić information content (AvgIpc) is 3.15. The Hall–Kier alpha value is -0.830. The summed E-state index contributed by atoms with van der Waals surface area (Å²) in [7, 11) is 0. The highest BCUT2D eigenvalue weighted by molar-refractivity contribution is 5.72. The van der Waals surface area contributed by atoms with Gasteiger partial charge in [-0.3, -0.25) is 4.79 Å². The third kappa shape index (κ3) is 2.46. The smallest absolute Gasteiger partial charge is 0.306 e. The molecule has 0 bridgehead atoms. The third-order valence-electron chi connectivity index (χ3n) is 9.99. The lowest BCUT2D eigenvalue weighted by atomic mass is 9.46. The van der Waals surface area contributed by atoms with Crippen LogP contribution in [0.3, 0.4) is 0 Å². The fraction of sp³-hybridized carbons (Fsp3) is 0.875. The molecule has 27 heavy (non-hydrogen) atoms. The summed E-state index contributed by atoms with van der Waals surface area (Å²) in [5.41, 5.74) is 1.95. The maximum absolute atomic E-state index is 11.9. The van der Waals surface area contributed by atoms with Gasteiger partial charge < -0.3 is 9.84 Å². The van der Waals surface area contributed by atoms with Crippen LogP contribution < -0.4 is 0 Å². The molecule has 150 valence electrons. The molecule has 3 saturated carbocycles. The minimum atomic E-state index is -0.234. The molecule has 0 spiro atoms. The number of carbonyl (C=O) groups is 1. The van der Waals surface area contributed by atoms with E-state index in [0.717, 1.165) is 43.4 Å². The molecule has 0 aromatic carbocycles. The van der Waals surface area contributed by atoms with Crippen molar-refractivity contribution in [3.8, 4) is 0 Å². The minimum absolute atomic E-state index is 0.0109. The minimum Gasteiger partial charge on any atom is -0.459 e. The topological polar surface area (TPSA) is 46.5 Å². The number of fused-ring (bicyclic) bond motifs is 5. The third-order valence-corrected chi connectivity index (χ3v) is 9.99. The Labute approximate surface area is 163 Å². The van der Waals surface area contributed by atoms with Crippen LogP contribution in [0.1, 0.15) is 85.0 Å². The SMILES string of the molecule is C[C@]12CC[C@@H]3[C@H](CC=C4C[C@H](O)CC[C@@]43C)[C@@H]1CC[C@@H]2[C@@]1(C)CCC(=O)O1. The number of ether oxygens (including phenoxy) is 1. The van der Waals surface area contributed by atoms with Crippen LogP contribution in [0.4, 0.5) is 0 Å². The van der Waals surface area contributed by atoms with Crippen molar-refractivity contribution in [2.75, 3.05) is 0 Å². The Morgan fingerprint density at radius 3 is 2.59 bits per heavy atom. The van der Waals surface area contributed by atoms with Gasteiger partial charge in [0.1, 0.15) is 5.60 Å². The number of aliphatic hydroxyl groups excluding tert-OH is 1. The highest BCUT2D eigenvalue weighted by Gasteiger charge is 2.62. The van der Waals surface area contributed by atoms with Crippen LogP contribution in [0, 0.1) is 34.5 Å². The highest BCUT2D eigenvalue weighted by atomic mass is 16.6. The second kappa shape index (κ2) is 5.84. The van der Waals surface area contributed by atoms with Crippen molar-refractivity contribution in [1.82, 2.24) is 0 Å². The molecular weight excluding hydrogens is 336 g/mol. The molecule has 3 heteroatoms. The molecule has 3 nitrogen and oxygen atoms in total. The number of rotatable bonds is 1. The van der Waals surface area contributed by atoms with Gasteiger partial charge in [-0.15, -0.1) is 0 Å². The summed E-state index contributed by atoms with van der Waals surface area (Å²) in [5.74, 6) is 2.85. The Morgan fingerprint density at radius 1 is 1.04 bits per heavy atom. The number of carbonyl (C=O) groups excluding carboxylic acids is 1. The molecule has 4 fully saturated rings. The molecule has 0 radical (unpaired) electrons. The molecule has 4 aliphatic carbocycles. The van der Waals surface area contributed by atoms with E-state index in [9.17, 15) is 9.90 Å². The van der Waals surface area contributed by atoms with Gasteiger partial charge in [0.05, 0.1) is 6.10 Å². The largest absolute Gasteiger partial charge is 0.459 e. The van der Waals surface area contributed by atoms with Gasteiger partial charge in [0.25, 0.3) is 0 Å². The predicted molar refractivity (Wildman–Crippen MR) is 105 cm³/mol. The quantitative estimate of drug-likeness (QED) is 0.519. The van der Waals surface area contributed by atoms with Crippen LogP contribution in [0.25, 0.3) is 0 Å². The summed E-state index contributed by atoms with van der Waals surface area (Å²) in [6.45, 7) is 7.23. The standard InChI is InChI=1S/C24H36O3/c1-22-11-8-16(25)14-15(22)4-5-17-18-6-7-20(23(18,2)12-9-19(17)22)24(3)13-10-21(26)27-24/h4,16-20,25H,5-14H2,1-3H3/t16-,17-,18+,19-,20+,22+,23+,24-/m1/s1. The van der Waals surface area contributed by atoms with Crippen molar-refractivity contribution >= 4 is 5.97 Å². The van der Waals surface area contributed by atoms with Crippen molar-refractivity contribution in [2.24, 2.45) is 34.5 Å². The Bertz CT molecular complexity index is 683. The summed E-state index contributed by atoms with van der Waals surface area (Å²) >= 11 is 0. The zero-order valence-corrected chi connectivity index (χ0v) is 17.3. The number of allylic oxidation sites excluding steroid dienone is 1. The summed E-state index contributed by atoms with van der Waals surface area (Å²) in [4.78, 5) is 11.9. The molecule has 5 aliphatic rings. The lowest BCUT2D eigenvalue weighted by Gasteiger charge is -2.58. The molecule has 5 rings (SSSR count). The van der Waals surface area contributed by atoms with Gasteiger partial charge in [-0.25, -0.2) is 0 Å². The zero-order valence-electron chi connectivity index (χ0n) is 17.3. The number of hydrogen-bond donors (Lipinski definition) is 1. The van der Waals surface area contributed by atoms with Gasteiger partial charge in [-0.05, 0) is 93.3 Å². The van der Waals surface area contributed by atoms with Crippen LogP contribution in [0.2, 0.25) is 0 Å². The first-order valence-electron chi connectivity index (χ1n) is 11.4. The zero-order chi connectivity index (χ0) is 19.0. The lowest BCUT2D eigenvalue weighted by Crippen LogP contribution is -2.53. The number of hydrogen-bond acceptors (Lipinski definition) is 3. The first-order valence-corrected chi connectivity index (χ1v) is 11.4. The molecule has 1 heterocycles. The highest BCUT2D eigenvalue weighted by Crippen LogP contribution is 2.68.